The molecule has 1 fully saturated rings. The fourth-order valence-corrected chi connectivity index (χ4v) is 6.07. The second-order valence-electron chi connectivity index (χ2n) is 7.77. The SMILES string of the molecule is COc1ccc(CCN2CCC(CNS(=O)(=O)c3cc(-c4ccno4)cs3)CC2)cc1. The van der Waals surface area contributed by atoms with Crippen LogP contribution in [-0.4, -0.2) is 51.8 Å². The van der Waals surface area contributed by atoms with Gasteiger partial charge in [-0.3, -0.25) is 0 Å². The summed E-state index contributed by atoms with van der Waals surface area (Å²) in [5, 5.41) is 5.44. The minimum atomic E-state index is -3.51. The van der Waals surface area contributed by atoms with E-state index in [1.807, 2.05) is 12.1 Å². The Morgan fingerprint density at radius 2 is 2.00 bits per heavy atom. The van der Waals surface area contributed by atoms with E-state index in [-0.39, 0.29) is 0 Å². The van der Waals surface area contributed by atoms with Gasteiger partial charge in [-0.05, 0) is 62.0 Å². The quantitative estimate of drug-likeness (QED) is 0.524. The third-order valence-electron chi connectivity index (χ3n) is 5.71. The molecular weight excluding hydrogens is 434 g/mol. The number of ether oxygens (including phenoxy) is 1. The summed E-state index contributed by atoms with van der Waals surface area (Å²) in [6.07, 6.45) is 4.55. The van der Waals surface area contributed by atoms with Crippen molar-refractivity contribution in [3.63, 3.8) is 0 Å². The third-order valence-corrected chi connectivity index (χ3v) is 8.57. The van der Waals surface area contributed by atoms with Gasteiger partial charge in [0.2, 0.25) is 10.0 Å². The summed E-state index contributed by atoms with van der Waals surface area (Å²) in [6.45, 7) is 3.49. The average molecular weight is 462 g/mol. The van der Waals surface area contributed by atoms with Crippen LogP contribution >= 0.6 is 11.3 Å². The zero-order valence-electron chi connectivity index (χ0n) is 17.5. The van der Waals surface area contributed by atoms with E-state index in [4.69, 9.17) is 9.26 Å². The van der Waals surface area contributed by atoms with Crippen LogP contribution < -0.4 is 9.46 Å². The number of piperidine rings is 1. The number of rotatable bonds is 9. The van der Waals surface area contributed by atoms with E-state index in [1.165, 1.54) is 16.9 Å². The van der Waals surface area contributed by atoms with Gasteiger partial charge in [-0.2, -0.15) is 0 Å². The van der Waals surface area contributed by atoms with E-state index in [1.54, 1.807) is 30.8 Å². The Morgan fingerprint density at radius 1 is 1.23 bits per heavy atom. The van der Waals surface area contributed by atoms with Crippen molar-refractivity contribution in [2.24, 2.45) is 5.92 Å². The van der Waals surface area contributed by atoms with Crippen molar-refractivity contribution in [1.29, 1.82) is 0 Å². The van der Waals surface area contributed by atoms with Gasteiger partial charge in [-0.15, -0.1) is 11.3 Å². The summed E-state index contributed by atoms with van der Waals surface area (Å²) in [4.78, 5) is 2.46. The summed E-state index contributed by atoms with van der Waals surface area (Å²) < 4.78 is 38.7. The first-order chi connectivity index (χ1) is 15.0. The van der Waals surface area contributed by atoms with Crippen LogP contribution in [0.3, 0.4) is 0 Å². The van der Waals surface area contributed by atoms with E-state index in [9.17, 15) is 8.42 Å². The summed E-state index contributed by atoms with van der Waals surface area (Å²) in [6, 6.07) is 11.6. The fourth-order valence-electron chi connectivity index (χ4n) is 3.74. The molecule has 1 aromatic carbocycles. The Kier molecular flexibility index (Phi) is 7.06. The first-order valence-electron chi connectivity index (χ1n) is 10.4. The highest BCUT2D eigenvalue weighted by Crippen LogP contribution is 2.28. The van der Waals surface area contributed by atoms with Crippen molar-refractivity contribution >= 4 is 21.4 Å². The highest BCUT2D eigenvalue weighted by molar-refractivity contribution is 7.91. The molecule has 3 heterocycles. The van der Waals surface area contributed by atoms with Gasteiger partial charge in [0.25, 0.3) is 0 Å². The molecule has 0 saturated carbocycles. The van der Waals surface area contributed by atoms with Gasteiger partial charge in [-0.25, -0.2) is 13.1 Å². The number of benzene rings is 1. The van der Waals surface area contributed by atoms with Crippen molar-refractivity contribution in [3.8, 4) is 17.1 Å². The van der Waals surface area contributed by atoms with Crippen LogP contribution in [0.2, 0.25) is 0 Å². The lowest BCUT2D eigenvalue weighted by Crippen LogP contribution is -2.39. The van der Waals surface area contributed by atoms with E-state index in [2.05, 4.69) is 26.9 Å². The molecule has 9 heteroatoms. The highest BCUT2D eigenvalue weighted by Gasteiger charge is 2.23. The number of sulfonamides is 1. The molecule has 3 aromatic rings. The Hall–Kier alpha value is -2.20. The summed E-state index contributed by atoms with van der Waals surface area (Å²) in [5.41, 5.74) is 2.03. The van der Waals surface area contributed by atoms with E-state index in [0.29, 0.717) is 22.4 Å². The molecule has 0 amide bonds. The Balaban J connectivity index is 1.21. The lowest BCUT2D eigenvalue weighted by molar-refractivity contribution is 0.187. The molecule has 0 spiro atoms. The van der Waals surface area contributed by atoms with Crippen LogP contribution in [0.4, 0.5) is 0 Å². The lowest BCUT2D eigenvalue weighted by Gasteiger charge is -2.32. The maximum atomic E-state index is 12.7. The monoisotopic (exact) mass is 461 g/mol. The van der Waals surface area contributed by atoms with Crippen molar-refractivity contribution in [2.45, 2.75) is 23.5 Å². The number of nitrogens with zero attached hydrogens (tertiary/aromatic N) is 2. The molecular formula is C22H27N3O4S2. The molecule has 0 atom stereocenters. The number of thiophene rings is 1. The maximum absolute atomic E-state index is 12.7. The number of methoxy groups -OCH3 is 1. The van der Waals surface area contributed by atoms with Crippen molar-refractivity contribution in [2.75, 3.05) is 33.3 Å². The zero-order valence-corrected chi connectivity index (χ0v) is 19.1. The summed E-state index contributed by atoms with van der Waals surface area (Å²) in [7, 11) is -1.84. The predicted octanol–water partition coefficient (Wildman–Crippen LogP) is 3.64. The number of hydrogen-bond acceptors (Lipinski definition) is 7. The predicted molar refractivity (Wildman–Crippen MR) is 121 cm³/mol. The van der Waals surface area contributed by atoms with Crippen LogP contribution in [0.25, 0.3) is 11.3 Å². The first kappa shape index (κ1) is 22.0. The molecule has 1 aliphatic heterocycles. The second kappa shape index (κ2) is 9.95. The normalized spacial score (nSPS) is 15.9. The zero-order chi connectivity index (χ0) is 21.7. The number of aromatic nitrogens is 1. The van der Waals surface area contributed by atoms with Crippen LogP contribution in [-0.2, 0) is 16.4 Å². The van der Waals surface area contributed by atoms with Gasteiger partial charge in [0.05, 0.1) is 13.3 Å². The van der Waals surface area contributed by atoms with Gasteiger partial charge < -0.3 is 14.2 Å². The van der Waals surface area contributed by atoms with E-state index >= 15 is 0 Å². The van der Waals surface area contributed by atoms with Crippen LogP contribution in [0.5, 0.6) is 5.75 Å². The molecule has 1 saturated heterocycles. The van der Waals surface area contributed by atoms with Crippen molar-refractivity contribution in [1.82, 2.24) is 14.8 Å². The van der Waals surface area contributed by atoms with Gasteiger partial charge in [0, 0.05) is 30.1 Å². The van der Waals surface area contributed by atoms with E-state index in [0.717, 1.165) is 50.2 Å². The topological polar surface area (TPSA) is 84.7 Å². The molecule has 0 unspecified atom stereocenters. The molecule has 0 radical (unpaired) electrons. The molecule has 7 nitrogen and oxygen atoms in total. The maximum Gasteiger partial charge on any atom is 0.250 e. The largest absolute Gasteiger partial charge is 0.497 e. The first-order valence-corrected chi connectivity index (χ1v) is 12.7. The molecule has 166 valence electrons. The van der Waals surface area contributed by atoms with E-state index < -0.39 is 10.0 Å². The second-order valence-corrected chi connectivity index (χ2v) is 10.7. The lowest BCUT2D eigenvalue weighted by atomic mass is 9.97. The standard InChI is InChI=1S/C22H27N3O4S2/c1-28-20-4-2-17(3-5-20)7-11-25-12-8-18(9-13-25)15-24-31(26,27)22-14-19(16-30-22)21-6-10-23-29-21/h2-6,10,14,16,18,24H,7-9,11-13,15H2,1H3. The Labute approximate surface area is 187 Å². The molecule has 0 aliphatic carbocycles. The molecule has 2 aromatic heterocycles. The Morgan fingerprint density at radius 3 is 2.68 bits per heavy atom. The summed E-state index contributed by atoms with van der Waals surface area (Å²) in [5.74, 6) is 1.81. The highest BCUT2D eigenvalue weighted by atomic mass is 32.2. The van der Waals surface area contributed by atoms with Crippen LogP contribution in [0, 0.1) is 5.92 Å². The van der Waals surface area contributed by atoms with Gasteiger partial charge >= 0.3 is 0 Å². The minimum absolute atomic E-state index is 0.302. The van der Waals surface area contributed by atoms with Crippen LogP contribution in [0.15, 0.2) is 56.7 Å². The third kappa shape index (κ3) is 5.74. The molecule has 1 N–H and O–H groups in total. The number of nitrogens with one attached hydrogen (secondary N) is 1. The van der Waals surface area contributed by atoms with Gasteiger partial charge in [0.1, 0.15) is 9.96 Å². The van der Waals surface area contributed by atoms with Gasteiger partial charge in [0.15, 0.2) is 5.76 Å². The molecule has 1 aliphatic rings. The van der Waals surface area contributed by atoms with Crippen molar-refractivity contribution in [3.05, 3.63) is 53.5 Å². The average Bonchev–Trinajstić information content (AvgIpc) is 3.50. The summed E-state index contributed by atoms with van der Waals surface area (Å²) >= 11 is 1.19. The minimum Gasteiger partial charge on any atom is -0.497 e. The molecule has 4 rings (SSSR count). The van der Waals surface area contributed by atoms with Gasteiger partial charge in [-0.1, -0.05) is 17.3 Å². The van der Waals surface area contributed by atoms with Crippen LogP contribution in [0.1, 0.15) is 18.4 Å². The number of hydrogen-bond donors (Lipinski definition) is 1. The Bertz CT molecular complexity index is 1050. The molecule has 31 heavy (non-hydrogen) atoms. The number of likely N-dealkylation sites (tertiary alicyclic amines) is 1. The van der Waals surface area contributed by atoms with Crippen molar-refractivity contribution < 1.29 is 17.7 Å². The smallest absolute Gasteiger partial charge is 0.250 e. The fraction of sp³-hybridized carbons (Fsp3) is 0.409. The molecule has 0 bridgehead atoms.